The third-order valence-corrected chi connectivity index (χ3v) is 3.63. The van der Waals surface area contributed by atoms with Crippen molar-refractivity contribution in [3.8, 4) is 0 Å². The molecule has 0 atom stereocenters. The van der Waals surface area contributed by atoms with E-state index in [2.05, 4.69) is 74.4 Å². The van der Waals surface area contributed by atoms with Crippen LogP contribution in [-0.2, 0) is 6.54 Å². The summed E-state index contributed by atoms with van der Waals surface area (Å²) in [6, 6.07) is 12.9. The molecule has 0 aliphatic heterocycles. The van der Waals surface area contributed by atoms with E-state index in [1.54, 1.807) is 0 Å². The quantitative estimate of drug-likeness (QED) is 0.899. The summed E-state index contributed by atoms with van der Waals surface area (Å²) in [6.45, 7) is 7.33. The molecule has 1 heterocycles. The van der Waals surface area contributed by atoms with Crippen LogP contribution in [0.4, 0.5) is 11.5 Å². The second-order valence-corrected chi connectivity index (χ2v) is 5.84. The number of pyridine rings is 1. The average molecular weight is 283 g/mol. The molecule has 0 bridgehead atoms. The van der Waals surface area contributed by atoms with Crippen molar-refractivity contribution >= 4 is 11.5 Å². The van der Waals surface area contributed by atoms with Crippen LogP contribution in [0.15, 0.2) is 36.4 Å². The number of aryl methyl sites for hydroxylation is 1. The maximum absolute atomic E-state index is 4.81. The molecule has 0 amide bonds. The first-order chi connectivity index (χ1) is 10.0. The van der Waals surface area contributed by atoms with Crippen molar-refractivity contribution < 1.29 is 0 Å². The lowest BCUT2D eigenvalue weighted by atomic mass is 10.1. The summed E-state index contributed by atoms with van der Waals surface area (Å²) in [5.41, 5.74) is 4.83. The molecule has 21 heavy (non-hydrogen) atoms. The van der Waals surface area contributed by atoms with Gasteiger partial charge >= 0.3 is 0 Å². The summed E-state index contributed by atoms with van der Waals surface area (Å²) in [5, 5.41) is 3.22. The Morgan fingerprint density at radius 2 is 1.81 bits per heavy atom. The van der Waals surface area contributed by atoms with Crippen LogP contribution >= 0.6 is 0 Å². The van der Waals surface area contributed by atoms with Crippen molar-refractivity contribution in [2.45, 2.75) is 33.2 Å². The Kier molecular flexibility index (Phi) is 4.97. The fourth-order valence-electron chi connectivity index (χ4n) is 2.27. The Balaban J connectivity index is 2.39. The van der Waals surface area contributed by atoms with Crippen LogP contribution in [0.5, 0.6) is 0 Å². The second-order valence-electron chi connectivity index (χ2n) is 5.84. The number of nitrogens with one attached hydrogen (secondary N) is 1. The molecule has 1 aromatic heterocycles. The molecular formula is C18H25N3. The van der Waals surface area contributed by atoms with Crippen molar-refractivity contribution in [3.05, 3.63) is 53.2 Å². The molecule has 0 saturated heterocycles. The van der Waals surface area contributed by atoms with E-state index in [0.29, 0.717) is 5.92 Å². The smallest absolute Gasteiger partial charge is 0.133 e. The molecule has 112 valence electrons. The highest BCUT2D eigenvalue weighted by Crippen LogP contribution is 2.25. The lowest BCUT2D eigenvalue weighted by Crippen LogP contribution is -2.14. The molecule has 0 saturated carbocycles. The molecule has 2 rings (SSSR count). The van der Waals surface area contributed by atoms with Gasteiger partial charge in [0.2, 0.25) is 0 Å². The molecular weight excluding hydrogens is 258 g/mol. The van der Waals surface area contributed by atoms with E-state index in [-0.39, 0.29) is 0 Å². The van der Waals surface area contributed by atoms with Gasteiger partial charge in [0, 0.05) is 25.0 Å². The Bertz CT molecular complexity index is 588. The van der Waals surface area contributed by atoms with Gasteiger partial charge in [-0.1, -0.05) is 31.5 Å². The molecule has 0 aliphatic rings. The minimum Gasteiger partial charge on any atom is -0.329 e. The monoisotopic (exact) mass is 283 g/mol. The molecule has 3 heteroatoms. The van der Waals surface area contributed by atoms with E-state index in [9.17, 15) is 0 Å². The maximum Gasteiger partial charge on any atom is 0.133 e. The largest absolute Gasteiger partial charge is 0.329 e. The summed E-state index contributed by atoms with van der Waals surface area (Å²) >= 11 is 0. The van der Waals surface area contributed by atoms with E-state index >= 15 is 0 Å². The number of hydrogen-bond donors (Lipinski definition) is 1. The maximum atomic E-state index is 4.81. The molecule has 0 unspecified atom stereocenters. The van der Waals surface area contributed by atoms with Gasteiger partial charge in [-0.3, -0.25) is 0 Å². The Morgan fingerprint density at radius 3 is 2.38 bits per heavy atom. The van der Waals surface area contributed by atoms with Crippen molar-refractivity contribution in [1.82, 2.24) is 10.3 Å². The molecule has 0 aliphatic carbocycles. The van der Waals surface area contributed by atoms with Crippen molar-refractivity contribution in [2.24, 2.45) is 0 Å². The predicted octanol–water partition coefficient (Wildman–Crippen LogP) is 4.00. The van der Waals surface area contributed by atoms with Crippen LogP contribution in [0.1, 0.15) is 36.6 Å². The van der Waals surface area contributed by atoms with Gasteiger partial charge in [-0.2, -0.15) is 0 Å². The zero-order valence-corrected chi connectivity index (χ0v) is 13.6. The van der Waals surface area contributed by atoms with Gasteiger partial charge in [-0.15, -0.1) is 0 Å². The van der Waals surface area contributed by atoms with Gasteiger partial charge in [0.1, 0.15) is 5.82 Å². The molecule has 0 radical (unpaired) electrons. The number of anilines is 2. The highest BCUT2D eigenvalue weighted by Gasteiger charge is 2.10. The number of hydrogen-bond acceptors (Lipinski definition) is 3. The third kappa shape index (κ3) is 3.82. The van der Waals surface area contributed by atoms with Gasteiger partial charge < -0.3 is 10.2 Å². The zero-order chi connectivity index (χ0) is 15.4. The van der Waals surface area contributed by atoms with Crippen molar-refractivity contribution in [1.29, 1.82) is 0 Å². The van der Waals surface area contributed by atoms with Crippen LogP contribution in [0.2, 0.25) is 0 Å². The molecule has 2 aromatic rings. The van der Waals surface area contributed by atoms with Gasteiger partial charge in [0.05, 0.1) is 0 Å². The van der Waals surface area contributed by atoms with Crippen LogP contribution < -0.4 is 10.2 Å². The fraction of sp³-hybridized carbons (Fsp3) is 0.389. The summed E-state index contributed by atoms with van der Waals surface area (Å²) in [4.78, 5) is 6.96. The van der Waals surface area contributed by atoms with Gasteiger partial charge in [-0.25, -0.2) is 4.98 Å². The van der Waals surface area contributed by atoms with Crippen LogP contribution in [-0.4, -0.2) is 19.1 Å². The minimum atomic E-state index is 0.423. The van der Waals surface area contributed by atoms with E-state index in [4.69, 9.17) is 4.98 Å². The predicted molar refractivity (Wildman–Crippen MR) is 90.3 cm³/mol. The Hall–Kier alpha value is -1.87. The normalized spacial score (nSPS) is 11.0. The van der Waals surface area contributed by atoms with Crippen LogP contribution in [0.3, 0.4) is 0 Å². The highest BCUT2D eigenvalue weighted by molar-refractivity contribution is 5.60. The number of nitrogens with zero attached hydrogens (tertiary/aromatic N) is 2. The lowest BCUT2D eigenvalue weighted by Gasteiger charge is -2.21. The Morgan fingerprint density at radius 1 is 1.14 bits per heavy atom. The van der Waals surface area contributed by atoms with Gasteiger partial charge in [0.25, 0.3) is 0 Å². The minimum absolute atomic E-state index is 0.423. The highest BCUT2D eigenvalue weighted by atomic mass is 15.2. The fourth-order valence-corrected chi connectivity index (χ4v) is 2.27. The molecule has 3 nitrogen and oxygen atoms in total. The second kappa shape index (κ2) is 6.72. The summed E-state index contributed by atoms with van der Waals surface area (Å²) < 4.78 is 0. The molecule has 1 aromatic carbocycles. The number of aromatic nitrogens is 1. The van der Waals surface area contributed by atoms with Crippen LogP contribution in [0, 0.1) is 6.92 Å². The van der Waals surface area contributed by atoms with Gasteiger partial charge in [-0.05, 0) is 49.7 Å². The van der Waals surface area contributed by atoms with Crippen molar-refractivity contribution in [3.63, 3.8) is 0 Å². The first-order valence-electron chi connectivity index (χ1n) is 7.47. The van der Waals surface area contributed by atoms with Crippen molar-refractivity contribution in [2.75, 3.05) is 19.0 Å². The summed E-state index contributed by atoms with van der Waals surface area (Å²) in [6.07, 6.45) is 0. The SMILES string of the molecule is CNCc1cc(C(C)C)nc(N(C)c2ccc(C)cc2)c1. The summed E-state index contributed by atoms with van der Waals surface area (Å²) in [5.74, 6) is 1.42. The van der Waals surface area contributed by atoms with E-state index in [1.165, 1.54) is 11.1 Å². The molecule has 1 N–H and O–H groups in total. The van der Waals surface area contributed by atoms with E-state index in [1.807, 2.05) is 7.05 Å². The topological polar surface area (TPSA) is 28.2 Å². The average Bonchev–Trinajstić information content (AvgIpc) is 2.47. The van der Waals surface area contributed by atoms with E-state index in [0.717, 1.165) is 23.7 Å². The van der Waals surface area contributed by atoms with Gasteiger partial charge in [0.15, 0.2) is 0 Å². The molecule has 0 fully saturated rings. The first kappa shape index (κ1) is 15.5. The van der Waals surface area contributed by atoms with Crippen LogP contribution in [0.25, 0.3) is 0 Å². The Labute approximate surface area is 128 Å². The third-order valence-electron chi connectivity index (χ3n) is 3.63. The first-order valence-corrected chi connectivity index (χ1v) is 7.47. The molecule has 0 spiro atoms. The standard InChI is InChI=1S/C18H25N3/c1-13(2)17-10-15(12-19-4)11-18(20-17)21(5)16-8-6-14(3)7-9-16/h6-11,13,19H,12H2,1-5H3. The lowest BCUT2D eigenvalue weighted by molar-refractivity contribution is 0.786. The zero-order valence-electron chi connectivity index (χ0n) is 13.6. The van der Waals surface area contributed by atoms with E-state index < -0.39 is 0 Å². The summed E-state index contributed by atoms with van der Waals surface area (Å²) in [7, 11) is 4.04. The number of benzene rings is 1. The number of rotatable bonds is 5.